The number of aliphatic hydroxyl groups is 1. The quantitative estimate of drug-likeness (QED) is 0.225. The van der Waals surface area contributed by atoms with E-state index in [4.69, 9.17) is 4.74 Å². The summed E-state index contributed by atoms with van der Waals surface area (Å²) in [6.07, 6.45) is 1.59. The van der Waals surface area contributed by atoms with Gasteiger partial charge in [-0.25, -0.2) is 4.98 Å². The number of aromatic nitrogens is 3. The van der Waals surface area contributed by atoms with Crippen molar-refractivity contribution in [2.75, 3.05) is 11.5 Å². The molecule has 2 N–H and O–H groups in total. The summed E-state index contributed by atoms with van der Waals surface area (Å²) in [5.74, 6) is -0.822. The first-order valence-electron chi connectivity index (χ1n) is 11.8. The highest BCUT2D eigenvalue weighted by molar-refractivity contribution is 6.51. The molecular formula is C28H26N4O4. The van der Waals surface area contributed by atoms with Gasteiger partial charge < -0.3 is 14.8 Å². The molecule has 1 atom stereocenters. The molecule has 1 aliphatic heterocycles. The van der Waals surface area contributed by atoms with Gasteiger partial charge in [0.05, 0.1) is 28.9 Å². The Labute approximate surface area is 208 Å². The number of hydrogen-bond acceptors (Lipinski definition) is 6. The molecule has 1 fully saturated rings. The van der Waals surface area contributed by atoms with Crippen molar-refractivity contribution in [2.24, 2.45) is 0 Å². The maximum absolute atomic E-state index is 13.4. The van der Waals surface area contributed by atoms with Gasteiger partial charge in [0, 0.05) is 11.8 Å². The number of carbonyl (C=O) groups is 2. The van der Waals surface area contributed by atoms with Crippen LogP contribution < -0.4 is 9.64 Å². The molecule has 4 aromatic rings. The summed E-state index contributed by atoms with van der Waals surface area (Å²) < 4.78 is 5.74. The lowest BCUT2D eigenvalue weighted by atomic mass is 9.94. The number of nitrogens with zero attached hydrogens (tertiary/aromatic N) is 3. The predicted molar refractivity (Wildman–Crippen MR) is 137 cm³/mol. The number of benzene rings is 2. The Bertz CT molecular complexity index is 1460. The number of aliphatic hydroxyl groups excluding tert-OH is 1. The van der Waals surface area contributed by atoms with Crippen molar-refractivity contribution in [3.8, 4) is 5.75 Å². The van der Waals surface area contributed by atoms with Crippen LogP contribution in [0.25, 0.3) is 16.8 Å². The molecule has 36 heavy (non-hydrogen) atoms. The summed E-state index contributed by atoms with van der Waals surface area (Å²) in [7, 11) is 0. The van der Waals surface area contributed by atoms with Crippen molar-refractivity contribution in [1.82, 2.24) is 15.0 Å². The van der Waals surface area contributed by atoms with Crippen molar-refractivity contribution >= 4 is 34.4 Å². The first kappa shape index (κ1) is 23.3. The zero-order valence-electron chi connectivity index (χ0n) is 20.2. The Morgan fingerprint density at radius 1 is 1.11 bits per heavy atom. The summed E-state index contributed by atoms with van der Waals surface area (Å²) in [6, 6.07) is 16.9. The molecule has 0 aliphatic carbocycles. The minimum atomic E-state index is -0.958. The van der Waals surface area contributed by atoms with Gasteiger partial charge in [-0.15, -0.1) is 0 Å². The molecule has 2 aromatic carbocycles. The number of rotatable bonds is 6. The number of para-hydroxylation sites is 2. The number of ether oxygens (including phenoxy) is 1. The Balaban J connectivity index is 1.70. The molecule has 1 aliphatic rings. The molecule has 0 spiro atoms. The predicted octanol–water partition coefficient (Wildman–Crippen LogP) is 5.11. The summed E-state index contributed by atoms with van der Waals surface area (Å²) in [5, 5.41) is 11.5. The number of Topliss-reactive ketones (excluding diaryl/α,β-unsaturated/α-hetero) is 1. The number of pyridine rings is 1. The van der Waals surface area contributed by atoms with E-state index in [1.54, 1.807) is 42.6 Å². The lowest BCUT2D eigenvalue weighted by Gasteiger charge is -2.22. The largest absolute Gasteiger partial charge is 0.507 e. The Kier molecular flexibility index (Phi) is 6.01. The molecule has 8 heteroatoms. The van der Waals surface area contributed by atoms with Gasteiger partial charge in [0.2, 0.25) is 5.95 Å². The average Bonchev–Trinajstić information content (AvgIpc) is 3.43. The first-order valence-corrected chi connectivity index (χ1v) is 11.8. The fourth-order valence-electron chi connectivity index (χ4n) is 4.51. The van der Waals surface area contributed by atoms with E-state index in [1.807, 2.05) is 45.0 Å². The van der Waals surface area contributed by atoms with Crippen LogP contribution in [0.3, 0.4) is 0 Å². The highest BCUT2D eigenvalue weighted by atomic mass is 16.5. The smallest absolute Gasteiger partial charge is 0.302 e. The normalized spacial score (nSPS) is 17.3. The van der Waals surface area contributed by atoms with Crippen LogP contribution in [-0.4, -0.2) is 38.4 Å². The number of fused-ring (bicyclic) bond motifs is 1. The van der Waals surface area contributed by atoms with Crippen molar-refractivity contribution in [2.45, 2.75) is 32.7 Å². The van der Waals surface area contributed by atoms with Crippen LogP contribution in [0.1, 0.15) is 49.6 Å². The van der Waals surface area contributed by atoms with Crippen LogP contribution in [-0.2, 0) is 9.59 Å². The van der Waals surface area contributed by atoms with Crippen LogP contribution in [0.5, 0.6) is 5.75 Å². The van der Waals surface area contributed by atoms with Gasteiger partial charge in [-0.05, 0) is 60.9 Å². The molecule has 5 rings (SSSR count). The second-order valence-electron chi connectivity index (χ2n) is 8.84. The van der Waals surface area contributed by atoms with Gasteiger partial charge in [-0.1, -0.05) is 32.0 Å². The van der Waals surface area contributed by atoms with E-state index < -0.39 is 17.7 Å². The number of amides is 1. The van der Waals surface area contributed by atoms with Crippen molar-refractivity contribution in [3.63, 3.8) is 0 Å². The molecule has 0 bridgehead atoms. The molecule has 1 amide bonds. The summed E-state index contributed by atoms with van der Waals surface area (Å²) in [5.41, 5.74) is 3.09. The number of ketones is 1. The van der Waals surface area contributed by atoms with Gasteiger partial charge in [0.1, 0.15) is 17.6 Å². The number of imidazole rings is 1. The van der Waals surface area contributed by atoms with Crippen LogP contribution >= 0.6 is 0 Å². The maximum atomic E-state index is 13.4. The number of aromatic amines is 1. The third-order valence-corrected chi connectivity index (χ3v) is 6.22. The number of carbonyl (C=O) groups excluding carboxylic acids is 2. The van der Waals surface area contributed by atoms with Gasteiger partial charge in [0.25, 0.3) is 5.78 Å². The molecular weight excluding hydrogens is 456 g/mol. The van der Waals surface area contributed by atoms with E-state index in [2.05, 4.69) is 15.0 Å². The fourth-order valence-corrected chi connectivity index (χ4v) is 4.51. The monoisotopic (exact) mass is 482 g/mol. The molecule has 1 unspecified atom stereocenters. The lowest BCUT2D eigenvalue weighted by molar-refractivity contribution is -0.132. The summed E-state index contributed by atoms with van der Waals surface area (Å²) in [4.78, 5) is 40.1. The average molecular weight is 483 g/mol. The topological polar surface area (TPSA) is 108 Å². The summed E-state index contributed by atoms with van der Waals surface area (Å²) in [6.45, 7) is 6.46. The van der Waals surface area contributed by atoms with E-state index in [9.17, 15) is 14.7 Å². The standard InChI is InChI=1S/C28H26N4O4/c1-4-36-22-13-12-17(15-18(22)16(2)3)25(33)23-24(21-11-7-8-14-29-21)32(27(35)26(23)34)28-30-19-9-5-6-10-20(19)31-28/h5-16,24,33H,4H2,1-3H3,(H,30,31)/b25-23+. The molecule has 1 saturated heterocycles. The van der Waals surface area contributed by atoms with E-state index in [0.29, 0.717) is 29.1 Å². The first-order chi connectivity index (χ1) is 17.4. The SMILES string of the molecule is CCOc1ccc(/C(O)=C2\C(=O)C(=O)N(c3nc4ccccc4[nH]3)C2c2ccccn2)cc1C(C)C. The van der Waals surface area contributed by atoms with Gasteiger partial charge >= 0.3 is 5.91 Å². The van der Waals surface area contributed by atoms with Gasteiger partial charge in [-0.3, -0.25) is 19.5 Å². The van der Waals surface area contributed by atoms with Crippen LogP contribution in [0.2, 0.25) is 0 Å². The van der Waals surface area contributed by atoms with Crippen molar-refractivity contribution in [1.29, 1.82) is 0 Å². The Morgan fingerprint density at radius 2 is 1.89 bits per heavy atom. The van der Waals surface area contributed by atoms with E-state index in [0.717, 1.165) is 11.1 Å². The van der Waals surface area contributed by atoms with Crippen molar-refractivity contribution < 1.29 is 19.4 Å². The minimum absolute atomic E-state index is 0.0435. The molecule has 2 aromatic heterocycles. The number of hydrogen-bond donors (Lipinski definition) is 2. The summed E-state index contributed by atoms with van der Waals surface area (Å²) >= 11 is 0. The van der Waals surface area contributed by atoms with Crippen LogP contribution in [0.15, 0.2) is 72.4 Å². The third kappa shape index (κ3) is 3.90. The molecule has 0 saturated carbocycles. The zero-order valence-corrected chi connectivity index (χ0v) is 20.2. The zero-order chi connectivity index (χ0) is 25.4. The highest BCUT2D eigenvalue weighted by Gasteiger charge is 2.48. The second-order valence-corrected chi connectivity index (χ2v) is 8.84. The van der Waals surface area contributed by atoms with E-state index in [1.165, 1.54) is 4.90 Å². The van der Waals surface area contributed by atoms with Gasteiger partial charge in [-0.2, -0.15) is 0 Å². The number of H-pyrrole nitrogens is 1. The minimum Gasteiger partial charge on any atom is -0.507 e. The second kappa shape index (κ2) is 9.30. The Morgan fingerprint density at radius 3 is 2.58 bits per heavy atom. The van der Waals surface area contributed by atoms with Crippen LogP contribution in [0.4, 0.5) is 5.95 Å². The number of anilines is 1. The van der Waals surface area contributed by atoms with E-state index >= 15 is 0 Å². The fraction of sp³-hybridized carbons (Fsp3) is 0.214. The van der Waals surface area contributed by atoms with Gasteiger partial charge in [0.15, 0.2) is 0 Å². The van der Waals surface area contributed by atoms with Crippen LogP contribution in [0, 0.1) is 0 Å². The highest BCUT2D eigenvalue weighted by Crippen LogP contribution is 2.41. The Hall–Kier alpha value is -4.46. The molecule has 3 heterocycles. The van der Waals surface area contributed by atoms with Crippen molar-refractivity contribution in [3.05, 3.63) is 89.3 Å². The molecule has 8 nitrogen and oxygen atoms in total. The number of nitrogens with one attached hydrogen (secondary N) is 1. The molecule has 182 valence electrons. The van der Waals surface area contributed by atoms with E-state index in [-0.39, 0.29) is 23.2 Å². The third-order valence-electron chi connectivity index (χ3n) is 6.22. The maximum Gasteiger partial charge on any atom is 0.302 e. The lowest BCUT2D eigenvalue weighted by Crippen LogP contribution is -2.30. The molecule has 0 radical (unpaired) electrons.